The van der Waals surface area contributed by atoms with Gasteiger partial charge in [-0.2, -0.15) is 0 Å². The number of thiazole rings is 1. The zero-order valence-corrected chi connectivity index (χ0v) is 12.5. The molecule has 0 aliphatic carbocycles. The fourth-order valence-electron chi connectivity index (χ4n) is 1.42. The summed E-state index contributed by atoms with van der Waals surface area (Å²) in [6.07, 6.45) is 0. The molecule has 1 heterocycles. The van der Waals surface area contributed by atoms with Gasteiger partial charge in [0.15, 0.2) is 3.92 Å². The van der Waals surface area contributed by atoms with Crippen LogP contribution in [0.25, 0.3) is 10.2 Å². The summed E-state index contributed by atoms with van der Waals surface area (Å²) in [6.45, 7) is 3.58. The molecule has 0 aliphatic heterocycles. The van der Waals surface area contributed by atoms with Crippen molar-refractivity contribution < 1.29 is 8.42 Å². The van der Waals surface area contributed by atoms with Gasteiger partial charge in [-0.1, -0.05) is 0 Å². The summed E-state index contributed by atoms with van der Waals surface area (Å²) in [4.78, 5) is 4.49. The second-order valence-electron chi connectivity index (χ2n) is 3.87. The van der Waals surface area contributed by atoms with Crippen LogP contribution in [0.15, 0.2) is 27.0 Å². The molecule has 0 spiro atoms. The van der Waals surface area contributed by atoms with Gasteiger partial charge < -0.3 is 0 Å². The fraction of sp³-hybridized carbons (Fsp3) is 0.300. The Balaban J connectivity index is 2.49. The first-order chi connectivity index (χ1) is 7.88. The van der Waals surface area contributed by atoms with Crippen molar-refractivity contribution in [2.75, 3.05) is 0 Å². The third-order valence-corrected chi connectivity index (χ3v) is 5.16. The summed E-state index contributed by atoms with van der Waals surface area (Å²) < 4.78 is 28.1. The number of nitrogens with one attached hydrogen (secondary N) is 1. The second kappa shape index (κ2) is 4.64. The molecule has 92 valence electrons. The molecule has 0 atom stereocenters. The molecule has 0 saturated carbocycles. The van der Waals surface area contributed by atoms with Gasteiger partial charge in [0.2, 0.25) is 10.0 Å². The number of hydrogen-bond donors (Lipinski definition) is 1. The maximum Gasteiger partial charge on any atom is 0.240 e. The van der Waals surface area contributed by atoms with E-state index in [2.05, 4.69) is 25.6 Å². The zero-order chi connectivity index (χ0) is 12.6. The average Bonchev–Trinajstić information content (AvgIpc) is 2.54. The van der Waals surface area contributed by atoms with Gasteiger partial charge >= 0.3 is 0 Å². The molecule has 0 bridgehead atoms. The Bertz CT molecular complexity index is 649. The van der Waals surface area contributed by atoms with E-state index in [1.807, 2.05) is 0 Å². The Hall–Kier alpha value is -0.500. The number of nitrogens with zero attached hydrogens (tertiary/aromatic N) is 1. The second-order valence-corrected chi connectivity index (χ2v) is 7.89. The number of fused-ring (bicyclic) bond motifs is 1. The van der Waals surface area contributed by atoms with Crippen molar-refractivity contribution in [2.45, 2.75) is 24.8 Å². The van der Waals surface area contributed by atoms with Crippen LogP contribution < -0.4 is 4.72 Å². The van der Waals surface area contributed by atoms with E-state index in [0.29, 0.717) is 0 Å². The van der Waals surface area contributed by atoms with Crippen LogP contribution in [0.1, 0.15) is 13.8 Å². The Morgan fingerprint density at radius 3 is 2.76 bits per heavy atom. The predicted molar refractivity (Wildman–Crippen MR) is 72.8 cm³/mol. The molecule has 7 heteroatoms. The molecule has 0 unspecified atom stereocenters. The molecule has 2 aromatic rings. The largest absolute Gasteiger partial charge is 0.240 e. The molecule has 1 aromatic carbocycles. The molecular formula is C10H11BrN2O2S2. The topological polar surface area (TPSA) is 59.1 Å². The molecule has 0 saturated heterocycles. The Morgan fingerprint density at radius 1 is 1.41 bits per heavy atom. The van der Waals surface area contributed by atoms with E-state index in [0.717, 1.165) is 14.1 Å². The molecular weight excluding hydrogens is 324 g/mol. The lowest BCUT2D eigenvalue weighted by atomic mass is 10.3. The lowest BCUT2D eigenvalue weighted by Crippen LogP contribution is -2.30. The smallest absolute Gasteiger partial charge is 0.229 e. The molecule has 0 fully saturated rings. The quantitative estimate of drug-likeness (QED) is 0.938. The van der Waals surface area contributed by atoms with E-state index in [1.165, 1.54) is 11.3 Å². The van der Waals surface area contributed by atoms with Crippen LogP contribution >= 0.6 is 27.3 Å². The van der Waals surface area contributed by atoms with Crippen molar-refractivity contribution in [3.8, 4) is 0 Å². The molecule has 1 aromatic heterocycles. The van der Waals surface area contributed by atoms with Gasteiger partial charge in [-0.15, -0.1) is 11.3 Å². The van der Waals surface area contributed by atoms with Gasteiger partial charge in [-0.25, -0.2) is 18.1 Å². The van der Waals surface area contributed by atoms with Crippen molar-refractivity contribution in [1.29, 1.82) is 0 Å². The number of sulfonamides is 1. The maximum atomic E-state index is 12.0. The molecule has 1 N–H and O–H groups in total. The molecule has 0 amide bonds. The monoisotopic (exact) mass is 334 g/mol. The van der Waals surface area contributed by atoms with Crippen LogP contribution in [-0.2, 0) is 10.0 Å². The van der Waals surface area contributed by atoms with Crippen LogP contribution in [0.2, 0.25) is 0 Å². The molecule has 0 radical (unpaired) electrons. The van der Waals surface area contributed by atoms with E-state index in [1.54, 1.807) is 32.0 Å². The van der Waals surface area contributed by atoms with Gasteiger partial charge in [-0.3, -0.25) is 0 Å². The van der Waals surface area contributed by atoms with Crippen LogP contribution in [0, 0.1) is 0 Å². The van der Waals surface area contributed by atoms with Crippen molar-refractivity contribution in [3.63, 3.8) is 0 Å². The first kappa shape index (κ1) is 12.9. The molecule has 0 aliphatic rings. The Labute approximate surface area is 112 Å². The van der Waals surface area contributed by atoms with Crippen molar-refractivity contribution >= 4 is 47.5 Å². The lowest BCUT2D eigenvalue weighted by molar-refractivity contribution is 0.570. The predicted octanol–water partition coefficient (Wildman–Crippen LogP) is 2.75. The zero-order valence-electron chi connectivity index (χ0n) is 9.27. The van der Waals surface area contributed by atoms with Crippen LogP contribution in [0.4, 0.5) is 0 Å². The summed E-state index contributed by atoms with van der Waals surface area (Å²) >= 11 is 4.70. The molecule has 2 rings (SSSR count). The third-order valence-electron chi connectivity index (χ3n) is 2.03. The summed E-state index contributed by atoms with van der Waals surface area (Å²) in [5.74, 6) is 0. The molecule has 17 heavy (non-hydrogen) atoms. The van der Waals surface area contributed by atoms with E-state index in [-0.39, 0.29) is 10.9 Å². The summed E-state index contributed by atoms with van der Waals surface area (Å²) in [5.41, 5.74) is 0.797. The number of aromatic nitrogens is 1. The first-order valence-electron chi connectivity index (χ1n) is 4.97. The highest BCUT2D eigenvalue weighted by Gasteiger charge is 2.16. The maximum absolute atomic E-state index is 12.0. The first-order valence-corrected chi connectivity index (χ1v) is 8.06. The van der Waals surface area contributed by atoms with E-state index in [4.69, 9.17) is 0 Å². The Kier molecular flexibility index (Phi) is 3.53. The van der Waals surface area contributed by atoms with Crippen molar-refractivity contribution in [3.05, 3.63) is 22.1 Å². The molecule has 4 nitrogen and oxygen atoms in total. The number of rotatable bonds is 3. The lowest BCUT2D eigenvalue weighted by Gasteiger charge is -2.09. The fourth-order valence-corrected chi connectivity index (χ4v) is 4.22. The van der Waals surface area contributed by atoms with Gasteiger partial charge in [0.1, 0.15) is 0 Å². The summed E-state index contributed by atoms with van der Waals surface area (Å²) in [7, 11) is -3.43. The standard InChI is InChI=1S/C10H11BrN2O2S2/c1-6(2)13-17(14,15)7-3-4-8-9(5-7)16-10(11)12-8/h3-6,13H,1-2H3. The van der Waals surface area contributed by atoms with Crippen LogP contribution in [-0.4, -0.2) is 19.4 Å². The normalized spacial score (nSPS) is 12.5. The van der Waals surface area contributed by atoms with Gasteiger partial charge in [-0.05, 0) is 48.0 Å². The van der Waals surface area contributed by atoms with Gasteiger partial charge in [0, 0.05) is 6.04 Å². The van der Waals surface area contributed by atoms with Gasteiger partial charge in [0.25, 0.3) is 0 Å². The van der Waals surface area contributed by atoms with Gasteiger partial charge in [0.05, 0.1) is 15.1 Å². The highest BCUT2D eigenvalue weighted by Crippen LogP contribution is 2.28. The number of halogens is 1. The highest BCUT2D eigenvalue weighted by atomic mass is 79.9. The minimum Gasteiger partial charge on any atom is -0.229 e. The van der Waals surface area contributed by atoms with Crippen LogP contribution in [0.5, 0.6) is 0 Å². The highest BCUT2D eigenvalue weighted by molar-refractivity contribution is 9.11. The van der Waals surface area contributed by atoms with E-state index >= 15 is 0 Å². The summed E-state index contributed by atoms with van der Waals surface area (Å²) in [6, 6.07) is 4.80. The number of benzene rings is 1. The van der Waals surface area contributed by atoms with Crippen molar-refractivity contribution in [1.82, 2.24) is 9.71 Å². The van der Waals surface area contributed by atoms with Crippen LogP contribution in [0.3, 0.4) is 0 Å². The summed E-state index contributed by atoms with van der Waals surface area (Å²) in [5, 5.41) is 0. The van der Waals surface area contributed by atoms with Crippen molar-refractivity contribution in [2.24, 2.45) is 0 Å². The third kappa shape index (κ3) is 2.85. The SMILES string of the molecule is CC(C)NS(=O)(=O)c1ccc2nc(Br)sc2c1. The van der Waals surface area contributed by atoms with E-state index < -0.39 is 10.0 Å². The minimum absolute atomic E-state index is 0.121. The van der Waals surface area contributed by atoms with E-state index in [9.17, 15) is 8.42 Å². The number of hydrogen-bond acceptors (Lipinski definition) is 4. The Morgan fingerprint density at radius 2 is 2.12 bits per heavy atom. The average molecular weight is 335 g/mol. The minimum atomic E-state index is -3.43.